The van der Waals surface area contributed by atoms with Gasteiger partial charge >= 0.3 is 0 Å². The van der Waals surface area contributed by atoms with E-state index in [2.05, 4.69) is 50.0 Å². The van der Waals surface area contributed by atoms with Gasteiger partial charge in [0.1, 0.15) is 11.6 Å². The molecule has 0 aliphatic carbocycles. The van der Waals surface area contributed by atoms with Crippen molar-refractivity contribution in [3.8, 4) is 6.07 Å². The van der Waals surface area contributed by atoms with Gasteiger partial charge in [-0.3, -0.25) is 4.79 Å². The zero-order valence-electron chi connectivity index (χ0n) is 17.3. The maximum Gasteiger partial charge on any atom is 0.266 e. The number of carbonyl (C=O) groups is 1. The summed E-state index contributed by atoms with van der Waals surface area (Å²) in [5, 5.41) is 12.7. The van der Waals surface area contributed by atoms with E-state index in [1.54, 1.807) is 30.3 Å². The van der Waals surface area contributed by atoms with Crippen molar-refractivity contribution in [2.45, 2.75) is 45.6 Å². The summed E-state index contributed by atoms with van der Waals surface area (Å²) in [5.41, 5.74) is 3.96. The Bertz CT molecular complexity index is 1000. The highest BCUT2D eigenvalue weighted by molar-refractivity contribution is 6.34. The van der Waals surface area contributed by atoms with Gasteiger partial charge in [0.2, 0.25) is 0 Å². The number of carbonyl (C=O) groups excluding carboxylic acids is 1. The summed E-state index contributed by atoms with van der Waals surface area (Å²) < 4.78 is 0. The fourth-order valence-corrected chi connectivity index (χ4v) is 4.45. The Morgan fingerprint density at radius 1 is 1.34 bits per heavy atom. The van der Waals surface area contributed by atoms with Gasteiger partial charge in [0.05, 0.1) is 10.7 Å². The summed E-state index contributed by atoms with van der Waals surface area (Å²) in [5.74, 6) is -0.0682. The van der Waals surface area contributed by atoms with Crippen LogP contribution < -0.4 is 10.2 Å². The first-order chi connectivity index (χ1) is 13.8. The molecule has 1 aliphatic rings. The van der Waals surface area contributed by atoms with Crippen LogP contribution in [0.1, 0.15) is 51.2 Å². The molecule has 29 heavy (non-hydrogen) atoms. The second-order valence-electron chi connectivity index (χ2n) is 8.08. The van der Waals surface area contributed by atoms with Crippen LogP contribution in [0.5, 0.6) is 0 Å². The fourth-order valence-electron chi connectivity index (χ4n) is 4.26. The van der Waals surface area contributed by atoms with Gasteiger partial charge in [-0.05, 0) is 74.6 Å². The number of nitrogens with zero attached hydrogens (tertiary/aromatic N) is 2. The number of benzene rings is 2. The quantitative estimate of drug-likeness (QED) is 0.499. The Kier molecular flexibility index (Phi) is 6.00. The van der Waals surface area contributed by atoms with Gasteiger partial charge in [-0.1, -0.05) is 36.7 Å². The van der Waals surface area contributed by atoms with E-state index in [-0.39, 0.29) is 11.1 Å². The molecule has 0 bridgehead atoms. The first-order valence-corrected chi connectivity index (χ1v) is 10.2. The number of halogens is 1. The second kappa shape index (κ2) is 8.31. The zero-order valence-corrected chi connectivity index (χ0v) is 18.0. The number of hydrogen-bond acceptors (Lipinski definition) is 3. The van der Waals surface area contributed by atoms with Crippen molar-refractivity contribution in [1.29, 1.82) is 5.26 Å². The molecule has 4 nitrogen and oxygen atoms in total. The third-order valence-electron chi connectivity index (χ3n) is 5.52. The number of nitrogens with one attached hydrogen (secondary N) is 1. The lowest BCUT2D eigenvalue weighted by atomic mass is 9.79. The van der Waals surface area contributed by atoms with E-state index in [0.29, 0.717) is 16.6 Å². The van der Waals surface area contributed by atoms with Crippen LogP contribution in [-0.4, -0.2) is 18.0 Å². The Balaban J connectivity index is 1.91. The van der Waals surface area contributed by atoms with Gasteiger partial charge in [0.15, 0.2) is 0 Å². The third kappa shape index (κ3) is 4.31. The fraction of sp³-hybridized carbons (Fsp3) is 0.333. The van der Waals surface area contributed by atoms with Crippen LogP contribution in [0.25, 0.3) is 6.08 Å². The number of fused-ring (bicyclic) bond motifs is 1. The van der Waals surface area contributed by atoms with E-state index in [1.807, 2.05) is 12.1 Å². The predicted molar refractivity (Wildman–Crippen MR) is 120 cm³/mol. The highest BCUT2D eigenvalue weighted by Crippen LogP contribution is 2.43. The molecule has 150 valence electrons. The number of amides is 1. The van der Waals surface area contributed by atoms with E-state index in [1.165, 1.54) is 11.3 Å². The Hall–Kier alpha value is -2.77. The second-order valence-corrected chi connectivity index (χ2v) is 8.49. The molecule has 0 saturated heterocycles. The van der Waals surface area contributed by atoms with E-state index in [9.17, 15) is 10.1 Å². The Morgan fingerprint density at radius 3 is 2.72 bits per heavy atom. The van der Waals surface area contributed by atoms with E-state index < -0.39 is 5.91 Å². The minimum Gasteiger partial charge on any atom is -0.366 e. The molecule has 1 N–H and O–H groups in total. The molecule has 1 atom stereocenters. The topological polar surface area (TPSA) is 56.1 Å². The number of rotatable bonds is 4. The van der Waals surface area contributed by atoms with Gasteiger partial charge in [-0.25, -0.2) is 0 Å². The molecule has 2 aromatic carbocycles. The summed E-state index contributed by atoms with van der Waals surface area (Å²) in [6, 6.07) is 15.1. The first kappa shape index (κ1) is 21.0. The van der Waals surface area contributed by atoms with Crippen molar-refractivity contribution in [3.63, 3.8) is 0 Å². The molecule has 3 rings (SSSR count). The minimum absolute atomic E-state index is 0.0426. The lowest BCUT2D eigenvalue weighted by Crippen LogP contribution is -2.48. The standard InChI is InChI=1S/C24H26ClN3O/c1-5-28-22-11-10-17(13-19(22)16(2)14-24(28,3)4)12-18(15-26)23(29)27-21-9-7-6-8-20(21)25/h6-13,16H,5,14H2,1-4H3,(H,27,29)/b18-12+. The van der Waals surface area contributed by atoms with E-state index >= 15 is 0 Å². The van der Waals surface area contributed by atoms with Gasteiger partial charge in [-0.15, -0.1) is 0 Å². The lowest BCUT2D eigenvalue weighted by molar-refractivity contribution is -0.112. The van der Waals surface area contributed by atoms with Gasteiger partial charge < -0.3 is 10.2 Å². The van der Waals surface area contributed by atoms with Crippen molar-refractivity contribution < 1.29 is 4.79 Å². The minimum atomic E-state index is -0.470. The van der Waals surface area contributed by atoms with Crippen molar-refractivity contribution in [2.75, 3.05) is 16.8 Å². The molecule has 5 heteroatoms. The van der Waals surface area contributed by atoms with E-state index in [4.69, 9.17) is 11.6 Å². The molecular weight excluding hydrogens is 382 g/mol. The number of para-hydroxylation sites is 1. The lowest BCUT2D eigenvalue weighted by Gasteiger charge is -2.47. The van der Waals surface area contributed by atoms with Crippen molar-refractivity contribution in [1.82, 2.24) is 0 Å². The molecule has 0 aromatic heterocycles. The van der Waals surface area contributed by atoms with Crippen molar-refractivity contribution >= 4 is 35.0 Å². The maximum absolute atomic E-state index is 12.6. The summed E-state index contributed by atoms with van der Waals surface area (Å²) in [6.45, 7) is 9.89. The Morgan fingerprint density at radius 2 is 2.07 bits per heavy atom. The molecule has 0 spiro atoms. The average Bonchev–Trinajstić information content (AvgIpc) is 2.67. The number of anilines is 2. The molecule has 0 saturated carbocycles. The van der Waals surface area contributed by atoms with Gasteiger partial charge in [0, 0.05) is 17.8 Å². The van der Waals surface area contributed by atoms with Crippen molar-refractivity contribution in [2.24, 2.45) is 0 Å². The normalized spacial score (nSPS) is 18.0. The van der Waals surface area contributed by atoms with Crippen LogP contribution in [0.4, 0.5) is 11.4 Å². The van der Waals surface area contributed by atoms with Crippen LogP contribution in [0, 0.1) is 11.3 Å². The van der Waals surface area contributed by atoms with Crippen LogP contribution in [0.15, 0.2) is 48.0 Å². The van der Waals surface area contributed by atoms with Crippen LogP contribution in [-0.2, 0) is 4.79 Å². The molecule has 1 amide bonds. The molecule has 1 unspecified atom stereocenters. The predicted octanol–water partition coefficient (Wildman–Crippen LogP) is 6.00. The van der Waals surface area contributed by atoms with Crippen molar-refractivity contribution in [3.05, 3.63) is 64.2 Å². The van der Waals surface area contributed by atoms with Gasteiger partial charge in [0.25, 0.3) is 5.91 Å². The van der Waals surface area contributed by atoms with Crippen LogP contribution in [0.3, 0.4) is 0 Å². The summed E-state index contributed by atoms with van der Waals surface area (Å²) >= 11 is 6.10. The molecule has 1 aliphatic heterocycles. The molecule has 2 aromatic rings. The maximum atomic E-state index is 12.6. The first-order valence-electron chi connectivity index (χ1n) is 9.86. The van der Waals surface area contributed by atoms with Gasteiger partial charge in [-0.2, -0.15) is 5.26 Å². The monoisotopic (exact) mass is 407 g/mol. The molecular formula is C24H26ClN3O. The SMILES string of the molecule is CCN1c2ccc(/C=C(\C#N)C(=O)Nc3ccccc3Cl)cc2C(C)CC1(C)C. The van der Waals surface area contributed by atoms with E-state index in [0.717, 1.165) is 18.5 Å². The Labute approximate surface area is 177 Å². The number of nitriles is 1. The third-order valence-corrected chi connectivity index (χ3v) is 5.85. The smallest absolute Gasteiger partial charge is 0.266 e. The van der Waals surface area contributed by atoms with Crippen LogP contribution >= 0.6 is 11.6 Å². The largest absolute Gasteiger partial charge is 0.366 e. The van der Waals surface area contributed by atoms with Crippen LogP contribution in [0.2, 0.25) is 5.02 Å². The number of hydrogen-bond donors (Lipinski definition) is 1. The summed E-state index contributed by atoms with van der Waals surface area (Å²) in [6.07, 6.45) is 2.69. The summed E-state index contributed by atoms with van der Waals surface area (Å²) in [7, 11) is 0. The molecule has 0 fully saturated rings. The molecule has 1 heterocycles. The molecule has 0 radical (unpaired) electrons. The summed E-state index contributed by atoms with van der Waals surface area (Å²) in [4.78, 5) is 15.0. The zero-order chi connectivity index (χ0) is 21.2. The highest BCUT2D eigenvalue weighted by Gasteiger charge is 2.35. The highest BCUT2D eigenvalue weighted by atomic mass is 35.5. The average molecular weight is 408 g/mol.